The van der Waals surface area contributed by atoms with Gasteiger partial charge in [0.05, 0.1) is 0 Å². The number of carboxylic acid groups (broad SMARTS) is 1. The molecular weight excluding hydrogens is 436 g/mol. The van der Waals surface area contributed by atoms with Crippen molar-refractivity contribution in [3.05, 3.63) is 71.4 Å². The third-order valence-corrected chi connectivity index (χ3v) is 6.46. The molecule has 2 aliphatic carbocycles. The van der Waals surface area contributed by atoms with Gasteiger partial charge < -0.3 is 20.5 Å². The SMILES string of the molecule is Cn1nc(NC(=O)[C@H]2C[C@H]2CNC(=O)OCC2c3ccccc3-c3ccccc32)cc1C(=O)O. The molecule has 3 N–H and O–H groups in total. The Kier molecular flexibility index (Phi) is 5.53. The van der Waals surface area contributed by atoms with Crippen LogP contribution in [-0.4, -0.2) is 46.0 Å². The van der Waals surface area contributed by atoms with E-state index in [9.17, 15) is 14.4 Å². The van der Waals surface area contributed by atoms with Crippen LogP contribution in [0.15, 0.2) is 54.6 Å². The van der Waals surface area contributed by atoms with Crippen LogP contribution < -0.4 is 10.6 Å². The number of ether oxygens (including phenoxy) is 1. The van der Waals surface area contributed by atoms with E-state index in [1.165, 1.54) is 28.9 Å². The smallest absolute Gasteiger partial charge is 0.407 e. The zero-order valence-corrected chi connectivity index (χ0v) is 18.5. The predicted octanol–water partition coefficient (Wildman–Crippen LogP) is 3.23. The molecule has 1 aromatic heterocycles. The third kappa shape index (κ3) is 4.12. The molecule has 9 nitrogen and oxygen atoms in total. The number of carbonyl (C=O) groups is 3. The van der Waals surface area contributed by atoms with Crippen molar-refractivity contribution < 1.29 is 24.2 Å². The minimum absolute atomic E-state index is 0.00291. The van der Waals surface area contributed by atoms with Gasteiger partial charge in [-0.15, -0.1) is 0 Å². The maximum absolute atomic E-state index is 12.4. The van der Waals surface area contributed by atoms with E-state index in [4.69, 9.17) is 9.84 Å². The minimum atomic E-state index is -1.12. The highest BCUT2D eigenvalue weighted by atomic mass is 16.5. The van der Waals surface area contributed by atoms with Crippen molar-refractivity contribution in [2.75, 3.05) is 18.5 Å². The summed E-state index contributed by atoms with van der Waals surface area (Å²) in [6.45, 7) is 0.567. The Morgan fingerprint density at radius 2 is 1.74 bits per heavy atom. The number of nitrogens with zero attached hydrogens (tertiary/aromatic N) is 2. The van der Waals surface area contributed by atoms with Gasteiger partial charge in [0.2, 0.25) is 5.91 Å². The van der Waals surface area contributed by atoms with Gasteiger partial charge in [0.1, 0.15) is 12.3 Å². The Hall–Kier alpha value is -4.14. The lowest BCUT2D eigenvalue weighted by Crippen LogP contribution is -2.29. The van der Waals surface area contributed by atoms with Crippen molar-refractivity contribution in [3.63, 3.8) is 0 Å². The summed E-state index contributed by atoms with van der Waals surface area (Å²) in [5.41, 5.74) is 4.62. The molecular formula is C25H24N4O5. The largest absolute Gasteiger partial charge is 0.477 e. The number of amides is 2. The molecule has 0 radical (unpaired) electrons. The van der Waals surface area contributed by atoms with Crippen molar-refractivity contribution >= 4 is 23.8 Å². The molecule has 0 saturated heterocycles. The zero-order chi connectivity index (χ0) is 23.8. The molecule has 0 bridgehead atoms. The molecule has 1 saturated carbocycles. The van der Waals surface area contributed by atoms with Gasteiger partial charge in [-0.3, -0.25) is 9.48 Å². The third-order valence-electron chi connectivity index (χ3n) is 6.46. The molecule has 174 valence electrons. The molecule has 2 aliphatic rings. The molecule has 0 unspecified atom stereocenters. The fraction of sp³-hybridized carbons (Fsp3) is 0.280. The second-order valence-electron chi connectivity index (χ2n) is 8.64. The fourth-order valence-electron chi connectivity index (χ4n) is 4.61. The molecule has 9 heteroatoms. The molecule has 0 aliphatic heterocycles. The van der Waals surface area contributed by atoms with E-state index in [0.29, 0.717) is 13.0 Å². The van der Waals surface area contributed by atoms with Crippen molar-refractivity contribution in [1.82, 2.24) is 15.1 Å². The molecule has 5 rings (SSSR count). The summed E-state index contributed by atoms with van der Waals surface area (Å²) < 4.78 is 6.72. The lowest BCUT2D eigenvalue weighted by molar-refractivity contribution is -0.117. The lowest BCUT2D eigenvalue weighted by atomic mass is 9.98. The number of aryl methyl sites for hydroxylation is 1. The van der Waals surface area contributed by atoms with Gasteiger partial charge in [-0.25, -0.2) is 9.59 Å². The number of benzene rings is 2. The first-order valence-corrected chi connectivity index (χ1v) is 11.1. The number of rotatable bonds is 7. The first-order chi connectivity index (χ1) is 16.4. The van der Waals surface area contributed by atoms with Crippen LogP contribution in [-0.2, 0) is 16.6 Å². The highest BCUT2D eigenvalue weighted by Crippen LogP contribution is 2.44. The predicted molar refractivity (Wildman–Crippen MR) is 123 cm³/mol. The van der Waals surface area contributed by atoms with Crippen LogP contribution in [0.3, 0.4) is 0 Å². The lowest BCUT2D eigenvalue weighted by Gasteiger charge is -2.14. The van der Waals surface area contributed by atoms with Crippen LogP contribution in [0.2, 0.25) is 0 Å². The van der Waals surface area contributed by atoms with Crippen LogP contribution in [0.1, 0.15) is 34.0 Å². The number of carbonyl (C=O) groups excluding carboxylic acids is 2. The van der Waals surface area contributed by atoms with Gasteiger partial charge >= 0.3 is 12.1 Å². The Morgan fingerprint density at radius 1 is 1.09 bits per heavy atom. The van der Waals surface area contributed by atoms with E-state index in [1.54, 1.807) is 0 Å². The molecule has 34 heavy (non-hydrogen) atoms. The second kappa shape index (κ2) is 8.66. The highest BCUT2D eigenvalue weighted by Gasteiger charge is 2.43. The molecule has 2 amide bonds. The van der Waals surface area contributed by atoms with Crippen molar-refractivity contribution in [3.8, 4) is 11.1 Å². The van der Waals surface area contributed by atoms with Crippen molar-refractivity contribution in [2.45, 2.75) is 12.3 Å². The van der Waals surface area contributed by atoms with E-state index < -0.39 is 12.1 Å². The standard InChI is InChI=1S/C25H24N4O5/c1-29-21(24(31)32)11-22(28-29)27-23(30)19-10-14(19)12-26-25(33)34-13-20-17-8-4-2-6-15(17)16-7-3-5-9-18(16)20/h2-9,11,14,19-20H,10,12-13H2,1H3,(H,26,33)(H,31,32)(H,27,28,30)/t14-,19-/m0/s1. The summed E-state index contributed by atoms with van der Waals surface area (Å²) in [6.07, 6.45) is 0.123. The first-order valence-electron chi connectivity index (χ1n) is 11.1. The van der Waals surface area contributed by atoms with Crippen LogP contribution >= 0.6 is 0 Å². The number of aromatic carboxylic acids is 1. The Morgan fingerprint density at radius 3 is 2.35 bits per heavy atom. The molecule has 3 aromatic rings. The monoisotopic (exact) mass is 460 g/mol. The van der Waals surface area contributed by atoms with Gasteiger partial charge in [0.15, 0.2) is 5.82 Å². The Balaban J connectivity index is 1.10. The summed E-state index contributed by atoms with van der Waals surface area (Å²) in [5.74, 6) is -1.43. The zero-order valence-electron chi connectivity index (χ0n) is 18.5. The molecule has 2 aromatic carbocycles. The summed E-state index contributed by atoms with van der Waals surface area (Å²) in [4.78, 5) is 35.8. The topological polar surface area (TPSA) is 123 Å². The van der Waals surface area contributed by atoms with E-state index >= 15 is 0 Å². The summed E-state index contributed by atoms with van der Waals surface area (Å²) >= 11 is 0. The van der Waals surface area contributed by atoms with Crippen molar-refractivity contribution in [1.29, 1.82) is 0 Å². The van der Waals surface area contributed by atoms with Crippen LogP contribution in [0.5, 0.6) is 0 Å². The Labute approximate surface area is 195 Å². The minimum Gasteiger partial charge on any atom is -0.477 e. The molecule has 2 atom stereocenters. The molecule has 0 spiro atoms. The van der Waals surface area contributed by atoms with Crippen molar-refractivity contribution in [2.24, 2.45) is 18.9 Å². The van der Waals surface area contributed by atoms with Gasteiger partial charge in [0, 0.05) is 31.5 Å². The van der Waals surface area contributed by atoms with E-state index in [2.05, 4.69) is 40.0 Å². The van der Waals surface area contributed by atoms with E-state index in [0.717, 1.165) is 11.1 Å². The number of alkyl carbamates (subject to hydrolysis) is 1. The van der Waals surface area contributed by atoms with Gasteiger partial charge in [-0.2, -0.15) is 5.10 Å². The number of fused-ring (bicyclic) bond motifs is 3. The number of nitrogens with one attached hydrogen (secondary N) is 2. The second-order valence-corrected chi connectivity index (χ2v) is 8.64. The summed E-state index contributed by atoms with van der Waals surface area (Å²) in [5, 5.41) is 18.5. The summed E-state index contributed by atoms with van der Waals surface area (Å²) in [7, 11) is 1.50. The van der Waals surface area contributed by atoms with Crippen LogP contribution in [0.25, 0.3) is 11.1 Å². The maximum atomic E-state index is 12.4. The normalized spacial score (nSPS) is 18.0. The Bertz CT molecular complexity index is 1240. The molecule has 1 heterocycles. The quantitative estimate of drug-likeness (QED) is 0.498. The van der Waals surface area contributed by atoms with Gasteiger partial charge in [-0.1, -0.05) is 48.5 Å². The average Bonchev–Trinajstić information content (AvgIpc) is 3.42. The number of hydrogen-bond donors (Lipinski definition) is 3. The maximum Gasteiger partial charge on any atom is 0.407 e. The van der Waals surface area contributed by atoms with Gasteiger partial charge in [0.25, 0.3) is 0 Å². The highest BCUT2D eigenvalue weighted by molar-refractivity contribution is 5.95. The van der Waals surface area contributed by atoms with Gasteiger partial charge in [-0.05, 0) is 34.6 Å². The first kappa shape index (κ1) is 21.7. The fourth-order valence-corrected chi connectivity index (χ4v) is 4.61. The number of carboxylic acids is 1. The number of aromatic nitrogens is 2. The van der Waals surface area contributed by atoms with Crippen LogP contribution in [0.4, 0.5) is 10.6 Å². The average molecular weight is 460 g/mol. The summed E-state index contributed by atoms with van der Waals surface area (Å²) in [6, 6.07) is 17.6. The van der Waals surface area contributed by atoms with E-state index in [1.807, 2.05) is 24.3 Å². The van der Waals surface area contributed by atoms with Crippen LogP contribution in [0, 0.1) is 11.8 Å². The molecule has 1 fully saturated rings. The number of hydrogen-bond acceptors (Lipinski definition) is 5. The number of anilines is 1. The van der Waals surface area contributed by atoms with E-state index in [-0.39, 0.29) is 41.8 Å².